The highest BCUT2D eigenvalue weighted by Gasteiger charge is 2.28. The first-order chi connectivity index (χ1) is 37.2. The lowest BCUT2D eigenvalue weighted by Crippen LogP contribution is -2.30. The number of esters is 3. The molecule has 3 unspecified atom stereocenters. The minimum atomic E-state index is -4.76. The Morgan fingerprint density at radius 2 is 0.684 bits per heavy atom. The summed E-state index contributed by atoms with van der Waals surface area (Å²) in [5.74, 6) is -1.50. The van der Waals surface area contributed by atoms with E-state index in [1.807, 2.05) is 0 Å². The Kier molecular flexibility index (Phi) is 55.3. The van der Waals surface area contributed by atoms with E-state index in [4.69, 9.17) is 23.3 Å². The first-order valence-corrected chi connectivity index (χ1v) is 32.0. The van der Waals surface area contributed by atoms with E-state index in [-0.39, 0.29) is 25.9 Å². The second kappa shape index (κ2) is 57.8. The minimum absolute atomic E-state index is 0.148. The van der Waals surface area contributed by atoms with Crippen molar-refractivity contribution in [2.24, 2.45) is 0 Å². The number of unbranched alkanes of at least 4 members (excludes halogenated alkanes) is 25. The summed E-state index contributed by atoms with van der Waals surface area (Å²) in [6.45, 7) is 4.47. The first kappa shape index (κ1) is 72.7. The quantitative estimate of drug-likeness (QED) is 0.0197. The number of phosphoric ester groups is 1. The number of phosphoric acid groups is 1. The maximum absolute atomic E-state index is 12.9. The van der Waals surface area contributed by atoms with Crippen molar-refractivity contribution in [1.29, 1.82) is 0 Å². The topological polar surface area (TPSA) is 155 Å². The van der Waals surface area contributed by atoms with Crippen molar-refractivity contribution in [3.8, 4) is 0 Å². The molecule has 0 amide bonds. The van der Waals surface area contributed by atoms with Gasteiger partial charge in [0.05, 0.1) is 19.8 Å². The number of hydrogen-bond acceptors (Lipinski definition) is 10. The highest BCUT2D eigenvalue weighted by molar-refractivity contribution is 7.47. The standard InChI is InChI=1S/C64H111O11P/c1-4-7-10-13-16-19-22-25-28-29-30-31-34-37-40-43-46-49-52-55-64(68)75-61(57-71-62(66)53-50-47-44-41-38-35-32-26-23-20-17-14-11-8-5-2)59-73-76(69,70)72-58-60(56-65)74-63(67)54-51-48-45-42-39-36-33-27-24-21-18-15-12-9-6-3/h9,12,16,18-19,21,25-28,30-33,60-61,65H,4-8,10-11,13-15,17,20,22-24,29,34-59H2,1-3H3,(H,69,70)/b12-9-,19-16-,21-18-,28-25-,31-30-,32-26-,33-27-. The van der Waals surface area contributed by atoms with Crippen LogP contribution in [-0.2, 0) is 42.2 Å². The van der Waals surface area contributed by atoms with Gasteiger partial charge in [-0.05, 0) is 116 Å². The third-order valence-electron chi connectivity index (χ3n) is 12.8. The number of carbonyl (C=O) groups is 3. The van der Waals surface area contributed by atoms with Gasteiger partial charge in [-0.15, -0.1) is 0 Å². The van der Waals surface area contributed by atoms with E-state index in [2.05, 4.69) is 106 Å². The van der Waals surface area contributed by atoms with E-state index in [0.29, 0.717) is 19.3 Å². The molecule has 0 saturated carbocycles. The van der Waals surface area contributed by atoms with Crippen LogP contribution >= 0.6 is 7.82 Å². The smallest absolute Gasteiger partial charge is 0.462 e. The van der Waals surface area contributed by atoms with Crippen LogP contribution in [0.15, 0.2) is 85.1 Å². The van der Waals surface area contributed by atoms with Gasteiger partial charge in [0, 0.05) is 19.3 Å². The monoisotopic (exact) mass is 1090 g/mol. The Morgan fingerprint density at radius 1 is 0.382 bits per heavy atom. The first-order valence-electron chi connectivity index (χ1n) is 30.5. The molecule has 0 aromatic heterocycles. The van der Waals surface area contributed by atoms with Gasteiger partial charge in [-0.1, -0.05) is 215 Å². The Labute approximate surface area is 464 Å². The van der Waals surface area contributed by atoms with E-state index in [9.17, 15) is 28.9 Å². The summed E-state index contributed by atoms with van der Waals surface area (Å²) >= 11 is 0. The number of aliphatic hydroxyl groups is 1. The average Bonchev–Trinajstić information content (AvgIpc) is 3.41. The van der Waals surface area contributed by atoms with E-state index >= 15 is 0 Å². The summed E-state index contributed by atoms with van der Waals surface area (Å²) in [7, 11) is -4.76. The van der Waals surface area contributed by atoms with E-state index in [0.717, 1.165) is 141 Å². The minimum Gasteiger partial charge on any atom is -0.462 e. The maximum atomic E-state index is 12.9. The number of ether oxygens (including phenoxy) is 3. The van der Waals surface area contributed by atoms with E-state index in [1.54, 1.807) is 0 Å². The van der Waals surface area contributed by atoms with Crippen molar-refractivity contribution in [2.45, 2.75) is 277 Å². The third kappa shape index (κ3) is 55.4. The summed E-state index contributed by atoms with van der Waals surface area (Å²) in [5, 5.41) is 9.83. The van der Waals surface area contributed by atoms with Crippen molar-refractivity contribution in [1.82, 2.24) is 0 Å². The van der Waals surface area contributed by atoms with Gasteiger partial charge in [-0.2, -0.15) is 0 Å². The molecule has 0 radical (unpaired) electrons. The molecule has 0 aliphatic heterocycles. The van der Waals surface area contributed by atoms with Gasteiger partial charge in [0.2, 0.25) is 0 Å². The molecule has 76 heavy (non-hydrogen) atoms. The predicted molar refractivity (Wildman–Crippen MR) is 316 cm³/mol. The summed E-state index contributed by atoms with van der Waals surface area (Å²) in [6, 6.07) is 0. The molecule has 0 saturated heterocycles. The van der Waals surface area contributed by atoms with Crippen LogP contribution in [0.1, 0.15) is 265 Å². The number of carbonyl (C=O) groups excluding carboxylic acids is 3. The van der Waals surface area contributed by atoms with Crippen molar-refractivity contribution in [2.75, 3.05) is 26.4 Å². The van der Waals surface area contributed by atoms with Gasteiger partial charge in [-0.3, -0.25) is 23.4 Å². The Bertz CT molecular complexity index is 1600. The van der Waals surface area contributed by atoms with Crippen molar-refractivity contribution < 1.29 is 52.2 Å². The molecular weight excluding hydrogens is 976 g/mol. The molecule has 0 bridgehead atoms. The summed E-state index contributed by atoms with van der Waals surface area (Å²) in [5.41, 5.74) is 0. The average molecular weight is 1090 g/mol. The van der Waals surface area contributed by atoms with Crippen molar-refractivity contribution in [3.63, 3.8) is 0 Å². The van der Waals surface area contributed by atoms with Crippen LogP contribution in [0, 0.1) is 0 Å². The van der Waals surface area contributed by atoms with Crippen LogP contribution in [0.5, 0.6) is 0 Å². The van der Waals surface area contributed by atoms with Crippen LogP contribution in [0.3, 0.4) is 0 Å². The van der Waals surface area contributed by atoms with Crippen LogP contribution < -0.4 is 0 Å². The fourth-order valence-corrected chi connectivity index (χ4v) is 8.92. The zero-order valence-corrected chi connectivity index (χ0v) is 49.3. The number of hydrogen-bond donors (Lipinski definition) is 2. The van der Waals surface area contributed by atoms with Crippen LogP contribution in [0.2, 0.25) is 0 Å². The molecule has 0 heterocycles. The molecule has 2 N–H and O–H groups in total. The van der Waals surface area contributed by atoms with Crippen molar-refractivity contribution >= 4 is 25.7 Å². The summed E-state index contributed by atoms with van der Waals surface area (Å²) in [4.78, 5) is 48.6. The zero-order chi connectivity index (χ0) is 55.5. The van der Waals surface area contributed by atoms with Gasteiger partial charge in [0.1, 0.15) is 12.7 Å². The third-order valence-corrected chi connectivity index (χ3v) is 13.7. The molecule has 0 aromatic rings. The number of allylic oxidation sites excluding steroid dienone is 14. The van der Waals surface area contributed by atoms with Gasteiger partial charge in [0.15, 0.2) is 6.10 Å². The lowest BCUT2D eigenvalue weighted by atomic mass is 10.1. The Balaban J connectivity index is 4.76. The van der Waals surface area contributed by atoms with Crippen LogP contribution in [0.4, 0.5) is 0 Å². The summed E-state index contributed by atoms with van der Waals surface area (Å²) < 4.78 is 39.6. The predicted octanol–water partition coefficient (Wildman–Crippen LogP) is 18.3. The van der Waals surface area contributed by atoms with E-state index < -0.39 is 57.8 Å². The number of aliphatic hydroxyl groups excluding tert-OH is 1. The Morgan fingerprint density at radius 3 is 1.09 bits per heavy atom. The van der Waals surface area contributed by atoms with E-state index in [1.165, 1.54) is 64.2 Å². The SMILES string of the molecule is CC/C=C\C/C=C\C/C=C\CCCCCCCC(=O)OC(CO)COP(=O)(O)OCC(COC(=O)CCCCCCC/C=C\CCCCCCCC)OC(=O)CCCCCCCC/C=C\C/C=C\C/C=C\CCCCC. The fraction of sp³-hybridized carbons (Fsp3) is 0.734. The zero-order valence-electron chi connectivity index (χ0n) is 48.5. The molecule has 0 fully saturated rings. The molecule has 12 heteroatoms. The normalized spacial score (nSPS) is 13.9. The maximum Gasteiger partial charge on any atom is 0.472 e. The molecule has 0 rings (SSSR count). The molecule has 3 atom stereocenters. The fourth-order valence-electron chi connectivity index (χ4n) is 8.14. The highest BCUT2D eigenvalue weighted by atomic mass is 31.2. The van der Waals surface area contributed by atoms with Crippen LogP contribution in [0.25, 0.3) is 0 Å². The molecule has 11 nitrogen and oxygen atoms in total. The van der Waals surface area contributed by atoms with Gasteiger partial charge in [-0.25, -0.2) is 4.57 Å². The van der Waals surface area contributed by atoms with Gasteiger partial charge < -0.3 is 24.2 Å². The largest absolute Gasteiger partial charge is 0.472 e. The molecule has 0 aromatic carbocycles. The molecule has 0 aliphatic rings. The van der Waals surface area contributed by atoms with Gasteiger partial charge >= 0.3 is 25.7 Å². The molecule has 438 valence electrons. The molecule has 0 spiro atoms. The lowest BCUT2D eigenvalue weighted by Gasteiger charge is -2.21. The Hall–Kier alpha value is -3.34. The summed E-state index contributed by atoms with van der Waals surface area (Å²) in [6.07, 6.45) is 66.7. The van der Waals surface area contributed by atoms with Gasteiger partial charge in [0.25, 0.3) is 0 Å². The van der Waals surface area contributed by atoms with Crippen LogP contribution in [-0.4, -0.2) is 66.5 Å². The number of rotatable bonds is 56. The molecule has 0 aliphatic carbocycles. The molecular formula is C64H111O11P. The highest BCUT2D eigenvalue weighted by Crippen LogP contribution is 2.43. The lowest BCUT2D eigenvalue weighted by molar-refractivity contribution is -0.161. The van der Waals surface area contributed by atoms with Crippen molar-refractivity contribution in [3.05, 3.63) is 85.1 Å². The second-order valence-corrected chi connectivity index (χ2v) is 21.6. The second-order valence-electron chi connectivity index (χ2n) is 20.1.